The molecule has 1 aromatic carbocycles. The average molecular weight is 424 g/mol. The summed E-state index contributed by atoms with van der Waals surface area (Å²) in [6.45, 7) is 4.87. The van der Waals surface area contributed by atoms with Gasteiger partial charge in [0.15, 0.2) is 11.2 Å². The number of carbonyl (C=O) groups excluding carboxylic acids is 1. The molecule has 2 heterocycles. The van der Waals surface area contributed by atoms with Gasteiger partial charge in [0.05, 0.1) is 5.69 Å². The van der Waals surface area contributed by atoms with Crippen LogP contribution in [0.1, 0.15) is 31.9 Å². The first-order chi connectivity index (χ1) is 12.1. The van der Waals surface area contributed by atoms with Crippen LogP contribution in [-0.4, -0.2) is 35.0 Å². The molecular weight excluding hydrogens is 402 g/mol. The van der Waals surface area contributed by atoms with Crippen molar-refractivity contribution in [2.24, 2.45) is 0 Å². The zero-order valence-corrected chi connectivity index (χ0v) is 16.6. The van der Waals surface area contributed by atoms with Crippen LogP contribution in [0.3, 0.4) is 0 Å². The standard InChI is InChI=1S/C18H22BrN3O2S/c1-13(24-16-7-5-14(19)6-8-16)17(23)21-18-20-15(12-25-18)11-22-9-3-2-4-10-22/h5-8,12-13H,2-4,9-11H2,1H3,(H,20,21,23)/t13-/m0/s1. The number of ether oxygens (including phenoxy) is 1. The van der Waals surface area contributed by atoms with Crippen molar-refractivity contribution in [3.63, 3.8) is 0 Å². The molecule has 3 rings (SSSR count). The predicted octanol–water partition coefficient (Wildman–Crippen LogP) is 4.30. The molecule has 134 valence electrons. The highest BCUT2D eigenvalue weighted by molar-refractivity contribution is 9.10. The number of hydrogen-bond acceptors (Lipinski definition) is 5. The molecule has 1 fully saturated rings. The monoisotopic (exact) mass is 423 g/mol. The Hall–Kier alpha value is -1.44. The Labute approximate surface area is 160 Å². The molecule has 0 radical (unpaired) electrons. The molecule has 0 aliphatic carbocycles. The summed E-state index contributed by atoms with van der Waals surface area (Å²) in [7, 11) is 0. The molecule has 1 N–H and O–H groups in total. The second-order valence-corrected chi connectivity index (χ2v) is 7.96. The summed E-state index contributed by atoms with van der Waals surface area (Å²) < 4.78 is 6.64. The van der Waals surface area contributed by atoms with Gasteiger partial charge in [0.25, 0.3) is 5.91 Å². The van der Waals surface area contributed by atoms with E-state index in [1.165, 1.54) is 30.6 Å². The minimum Gasteiger partial charge on any atom is -0.481 e. The number of thiazole rings is 1. The molecule has 1 aliphatic rings. The minimum atomic E-state index is -0.587. The van der Waals surface area contributed by atoms with Crippen molar-refractivity contribution in [2.45, 2.75) is 38.8 Å². The van der Waals surface area contributed by atoms with E-state index in [-0.39, 0.29) is 5.91 Å². The van der Waals surface area contributed by atoms with Crippen molar-refractivity contribution in [1.82, 2.24) is 9.88 Å². The molecule has 5 nitrogen and oxygen atoms in total. The second kappa shape index (κ2) is 8.78. The third kappa shape index (κ3) is 5.52. The van der Waals surface area contributed by atoms with E-state index < -0.39 is 6.10 Å². The van der Waals surface area contributed by atoms with Crippen molar-refractivity contribution < 1.29 is 9.53 Å². The van der Waals surface area contributed by atoms with Gasteiger partial charge in [0, 0.05) is 16.4 Å². The highest BCUT2D eigenvalue weighted by Crippen LogP contribution is 2.20. The Bertz CT molecular complexity index is 699. The van der Waals surface area contributed by atoms with Gasteiger partial charge >= 0.3 is 0 Å². The lowest BCUT2D eigenvalue weighted by Crippen LogP contribution is -2.30. The number of aromatic nitrogens is 1. The van der Waals surface area contributed by atoms with Gasteiger partial charge in [-0.3, -0.25) is 15.0 Å². The largest absolute Gasteiger partial charge is 0.481 e. The second-order valence-electron chi connectivity index (χ2n) is 6.18. The number of benzene rings is 1. The summed E-state index contributed by atoms with van der Waals surface area (Å²) in [6.07, 6.45) is 3.26. The highest BCUT2D eigenvalue weighted by atomic mass is 79.9. The fraction of sp³-hybridized carbons (Fsp3) is 0.444. The molecular formula is C18H22BrN3O2S. The molecule has 1 atom stereocenters. The summed E-state index contributed by atoms with van der Waals surface area (Å²) in [6, 6.07) is 7.42. The fourth-order valence-corrected chi connectivity index (χ4v) is 3.73. The molecule has 0 unspecified atom stereocenters. The van der Waals surface area contributed by atoms with E-state index in [2.05, 4.69) is 31.1 Å². The number of likely N-dealkylation sites (tertiary alicyclic amines) is 1. The van der Waals surface area contributed by atoms with E-state index in [9.17, 15) is 4.79 Å². The molecule has 7 heteroatoms. The van der Waals surface area contributed by atoms with Crippen molar-refractivity contribution in [3.05, 3.63) is 39.8 Å². The first-order valence-electron chi connectivity index (χ1n) is 8.50. The number of halogens is 1. The number of carbonyl (C=O) groups is 1. The van der Waals surface area contributed by atoms with Crippen molar-refractivity contribution in [1.29, 1.82) is 0 Å². The quantitative estimate of drug-likeness (QED) is 0.752. The molecule has 1 aromatic heterocycles. The molecule has 2 aromatic rings. The first-order valence-corrected chi connectivity index (χ1v) is 10.2. The number of hydrogen-bond donors (Lipinski definition) is 1. The number of rotatable bonds is 6. The van der Waals surface area contributed by atoms with E-state index in [1.54, 1.807) is 6.92 Å². The van der Waals surface area contributed by atoms with Gasteiger partial charge < -0.3 is 4.74 Å². The zero-order valence-electron chi connectivity index (χ0n) is 14.2. The Morgan fingerprint density at radius 1 is 1.32 bits per heavy atom. The number of nitrogens with zero attached hydrogens (tertiary/aromatic N) is 2. The molecule has 1 amide bonds. The Balaban J connectivity index is 1.51. The van der Waals surface area contributed by atoms with E-state index in [0.29, 0.717) is 10.9 Å². The van der Waals surface area contributed by atoms with Crippen LogP contribution in [0, 0.1) is 0 Å². The summed E-state index contributed by atoms with van der Waals surface area (Å²) >= 11 is 4.84. The Morgan fingerprint density at radius 2 is 2.04 bits per heavy atom. The van der Waals surface area contributed by atoms with Gasteiger partial charge in [-0.2, -0.15) is 0 Å². The van der Waals surface area contributed by atoms with Crippen LogP contribution in [0.5, 0.6) is 5.75 Å². The minimum absolute atomic E-state index is 0.193. The lowest BCUT2D eigenvalue weighted by molar-refractivity contribution is -0.122. The van der Waals surface area contributed by atoms with Gasteiger partial charge in [0.1, 0.15) is 5.75 Å². The lowest BCUT2D eigenvalue weighted by atomic mass is 10.1. The van der Waals surface area contributed by atoms with E-state index in [1.807, 2.05) is 29.6 Å². The molecule has 0 spiro atoms. The summed E-state index contributed by atoms with van der Waals surface area (Å²) in [4.78, 5) is 19.2. The first kappa shape index (κ1) is 18.4. The molecule has 0 bridgehead atoms. The van der Waals surface area contributed by atoms with Crippen molar-refractivity contribution >= 4 is 38.3 Å². The summed E-state index contributed by atoms with van der Waals surface area (Å²) in [5.74, 6) is 0.470. The van der Waals surface area contributed by atoms with Crippen LogP contribution in [0.25, 0.3) is 0 Å². The fourth-order valence-electron chi connectivity index (χ4n) is 2.76. The van der Waals surface area contributed by atoms with Gasteiger partial charge in [-0.25, -0.2) is 4.98 Å². The highest BCUT2D eigenvalue weighted by Gasteiger charge is 2.17. The van der Waals surface area contributed by atoms with Crippen molar-refractivity contribution in [3.8, 4) is 5.75 Å². The maximum atomic E-state index is 12.3. The molecule has 1 aliphatic heterocycles. The number of anilines is 1. The van der Waals surface area contributed by atoms with Crippen LogP contribution in [0.4, 0.5) is 5.13 Å². The topological polar surface area (TPSA) is 54.5 Å². The third-order valence-corrected chi connectivity index (χ3v) is 5.45. The number of nitrogens with one attached hydrogen (secondary N) is 1. The molecule has 0 saturated carbocycles. The Morgan fingerprint density at radius 3 is 2.76 bits per heavy atom. The van der Waals surface area contributed by atoms with Gasteiger partial charge in [-0.05, 0) is 57.1 Å². The van der Waals surface area contributed by atoms with E-state index in [0.717, 1.165) is 29.8 Å². The third-order valence-electron chi connectivity index (χ3n) is 4.11. The van der Waals surface area contributed by atoms with Gasteiger partial charge in [-0.1, -0.05) is 22.4 Å². The summed E-state index contributed by atoms with van der Waals surface area (Å²) in [5.41, 5.74) is 1.02. The van der Waals surface area contributed by atoms with E-state index >= 15 is 0 Å². The maximum Gasteiger partial charge on any atom is 0.266 e. The number of piperidine rings is 1. The van der Waals surface area contributed by atoms with Crippen molar-refractivity contribution in [2.75, 3.05) is 18.4 Å². The SMILES string of the molecule is C[C@H](Oc1ccc(Br)cc1)C(=O)Nc1nc(CN2CCCCC2)cs1. The van der Waals surface area contributed by atoms with Crippen LogP contribution < -0.4 is 10.1 Å². The molecule has 25 heavy (non-hydrogen) atoms. The number of amides is 1. The van der Waals surface area contributed by atoms with Gasteiger partial charge in [0.2, 0.25) is 0 Å². The zero-order chi connectivity index (χ0) is 17.6. The van der Waals surface area contributed by atoms with Crippen LogP contribution in [-0.2, 0) is 11.3 Å². The molecule has 1 saturated heterocycles. The average Bonchev–Trinajstić information content (AvgIpc) is 3.04. The predicted molar refractivity (Wildman–Crippen MR) is 104 cm³/mol. The normalized spacial score (nSPS) is 16.4. The van der Waals surface area contributed by atoms with Crippen LogP contribution >= 0.6 is 27.3 Å². The Kier molecular flexibility index (Phi) is 6.45. The van der Waals surface area contributed by atoms with Crippen LogP contribution in [0.15, 0.2) is 34.1 Å². The maximum absolute atomic E-state index is 12.3. The van der Waals surface area contributed by atoms with Crippen LogP contribution in [0.2, 0.25) is 0 Å². The smallest absolute Gasteiger partial charge is 0.266 e. The van der Waals surface area contributed by atoms with E-state index in [4.69, 9.17) is 4.74 Å². The lowest BCUT2D eigenvalue weighted by Gasteiger charge is -2.25. The van der Waals surface area contributed by atoms with Gasteiger partial charge in [-0.15, -0.1) is 11.3 Å². The summed E-state index contributed by atoms with van der Waals surface area (Å²) in [5, 5.41) is 5.49.